The Morgan fingerprint density at radius 2 is 1.40 bits per heavy atom. The number of rotatable bonds is 3. The summed E-state index contributed by atoms with van der Waals surface area (Å²) in [5, 5.41) is 0.0911. The van der Waals surface area contributed by atoms with Crippen LogP contribution in [0.2, 0.25) is 5.04 Å². The molecule has 0 aromatic carbocycles. The van der Waals surface area contributed by atoms with Crippen molar-refractivity contribution in [2.75, 3.05) is 27.3 Å². The van der Waals surface area contributed by atoms with Crippen LogP contribution in [0.1, 0.15) is 40.0 Å². The summed E-state index contributed by atoms with van der Waals surface area (Å²) in [5.41, 5.74) is 0. The molecule has 0 unspecified atom stereocenters. The second kappa shape index (κ2) is 4.95. The lowest BCUT2D eigenvalue weighted by molar-refractivity contribution is 0.125. The minimum atomic E-state index is -2.21. The third kappa shape index (κ3) is 2.44. The quantitative estimate of drug-likeness (QED) is 0.697. The van der Waals surface area contributed by atoms with Crippen LogP contribution in [0.25, 0.3) is 0 Å². The van der Waals surface area contributed by atoms with Crippen LogP contribution >= 0.6 is 0 Å². The van der Waals surface area contributed by atoms with Crippen molar-refractivity contribution in [3.8, 4) is 0 Å². The van der Waals surface area contributed by atoms with Crippen molar-refractivity contribution in [1.29, 1.82) is 0 Å². The molecule has 15 heavy (non-hydrogen) atoms. The van der Waals surface area contributed by atoms with E-state index in [1.54, 1.807) is 14.2 Å². The van der Waals surface area contributed by atoms with Gasteiger partial charge in [0.25, 0.3) is 0 Å². The Morgan fingerprint density at radius 1 is 0.933 bits per heavy atom. The zero-order valence-corrected chi connectivity index (χ0v) is 11.8. The second-order valence-corrected chi connectivity index (χ2v) is 9.40. The molecule has 0 bridgehead atoms. The van der Waals surface area contributed by atoms with Gasteiger partial charge in [-0.2, -0.15) is 0 Å². The SMILES string of the molecule is CO[Si](OC)(N1CCCCC1)C(C)(C)C. The van der Waals surface area contributed by atoms with Crippen molar-refractivity contribution in [1.82, 2.24) is 4.57 Å². The fraction of sp³-hybridized carbons (Fsp3) is 1.00. The first kappa shape index (κ1) is 13.2. The normalized spacial score (nSPS) is 20.6. The standard InChI is InChI=1S/C11H25NO2Si/c1-11(2,3)15(13-4,14-5)12-9-7-6-8-10-12/h6-10H2,1-5H3. The van der Waals surface area contributed by atoms with Crippen molar-refractivity contribution in [3.63, 3.8) is 0 Å². The zero-order chi connectivity index (χ0) is 11.5. The maximum atomic E-state index is 5.83. The lowest BCUT2D eigenvalue weighted by Crippen LogP contribution is -2.64. The van der Waals surface area contributed by atoms with E-state index in [-0.39, 0.29) is 5.04 Å². The van der Waals surface area contributed by atoms with Crippen LogP contribution in [0, 0.1) is 0 Å². The van der Waals surface area contributed by atoms with Gasteiger partial charge in [0.1, 0.15) is 0 Å². The maximum Gasteiger partial charge on any atom is 0.432 e. The Kier molecular flexibility index (Phi) is 4.35. The van der Waals surface area contributed by atoms with Gasteiger partial charge in [0.2, 0.25) is 0 Å². The highest BCUT2D eigenvalue weighted by molar-refractivity contribution is 6.67. The molecule has 1 heterocycles. The first-order valence-corrected chi connectivity index (χ1v) is 7.59. The van der Waals surface area contributed by atoms with Gasteiger partial charge in [0.15, 0.2) is 0 Å². The minimum absolute atomic E-state index is 0.0911. The Labute approximate surface area is 95.1 Å². The molecular formula is C11H25NO2Si. The predicted octanol–water partition coefficient (Wildman–Crippen LogP) is 2.50. The van der Waals surface area contributed by atoms with Crippen molar-refractivity contribution in [2.24, 2.45) is 0 Å². The number of hydrogen-bond acceptors (Lipinski definition) is 3. The molecule has 0 aliphatic carbocycles. The smallest absolute Gasteiger partial charge is 0.386 e. The van der Waals surface area contributed by atoms with E-state index in [1.807, 2.05) is 0 Å². The summed E-state index contributed by atoms with van der Waals surface area (Å²) in [6.07, 6.45) is 3.90. The van der Waals surface area contributed by atoms with Crippen LogP contribution in [-0.4, -0.2) is 40.6 Å². The third-order valence-electron chi connectivity index (χ3n) is 3.27. The van der Waals surface area contributed by atoms with Gasteiger partial charge in [-0.15, -0.1) is 0 Å². The van der Waals surface area contributed by atoms with Crippen molar-refractivity contribution in [2.45, 2.75) is 45.1 Å². The molecule has 1 rings (SSSR count). The molecule has 1 fully saturated rings. The number of nitrogens with zero attached hydrogens (tertiary/aromatic N) is 1. The molecule has 3 nitrogen and oxygen atoms in total. The molecule has 0 spiro atoms. The van der Waals surface area contributed by atoms with Gasteiger partial charge >= 0.3 is 8.72 Å². The van der Waals surface area contributed by atoms with Gasteiger partial charge in [-0.05, 0) is 25.9 Å². The van der Waals surface area contributed by atoms with Crippen LogP contribution in [0.5, 0.6) is 0 Å². The summed E-state index contributed by atoms with van der Waals surface area (Å²) in [6.45, 7) is 8.93. The molecular weight excluding hydrogens is 206 g/mol. The van der Waals surface area contributed by atoms with Crippen molar-refractivity contribution in [3.05, 3.63) is 0 Å². The van der Waals surface area contributed by atoms with Crippen LogP contribution in [-0.2, 0) is 8.85 Å². The average molecular weight is 231 g/mol. The van der Waals surface area contributed by atoms with E-state index in [0.29, 0.717) is 0 Å². The number of hydrogen-bond donors (Lipinski definition) is 0. The molecule has 4 heteroatoms. The Morgan fingerprint density at radius 3 is 1.73 bits per heavy atom. The topological polar surface area (TPSA) is 21.7 Å². The summed E-state index contributed by atoms with van der Waals surface area (Å²) in [5.74, 6) is 0. The summed E-state index contributed by atoms with van der Waals surface area (Å²) in [4.78, 5) is 0. The monoisotopic (exact) mass is 231 g/mol. The van der Waals surface area contributed by atoms with E-state index in [2.05, 4.69) is 25.3 Å². The van der Waals surface area contributed by atoms with E-state index in [1.165, 1.54) is 19.3 Å². The van der Waals surface area contributed by atoms with Gasteiger partial charge in [-0.3, -0.25) is 4.57 Å². The summed E-state index contributed by atoms with van der Waals surface area (Å²) < 4.78 is 14.1. The summed E-state index contributed by atoms with van der Waals surface area (Å²) >= 11 is 0. The van der Waals surface area contributed by atoms with Gasteiger partial charge in [-0.25, -0.2) is 0 Å². The molecule has 0 saturated carbocycles. The molecule has 0 aromatic rings. The van der Waals surface area contributed by atoms with E-state index < -0.39 is 8.72 Å². The largest absolute Gasteiger partial charge is 0.432 e. The first-order chi connectivity index (χ1) is 6.98. The molecule has 0 amide bonds. The zero-order valence-electron chi connectivity index (χ0n) is 10.8. The van der Waals surface area contributed by atoms with Crippen LogP contribution in [0.4, 0.5) is 0 Å². The van der Waals surface area contributed by atoms with Crippen LogP contribution in [0.3, 0.4) is 0 Å². The first-order valence-electron chi connectivity index (χ1n) is 5.83. The third-order valence-corrected chi connectivity index (χ3v) is 7.56. The predicted molar refractivity (Wildman–Crippen MR) is 64.9 cm³/mol. The molecule has 1 aliphatic heterocycles. The molecule has 90 valence electrons. The molecule has 0 radical (unpaired) electrons. The lowest BCUT2D eigenvalue weighted by Gasteiger charge is -2.47. The van der Waals surface area contributed by atoms with E-state index in [9.17, 15) is 0 Å². The Hall–Kier alpha value is 0.0969. The second-order valence-electron chi connectivity index (χ2n) is 5.29. The summed E-state index contributed by atoms with van der Waals surface area (Å²) in [6, 6.07) is 0. The fourth-order valence-corrected chi connectivity index (χ4v) is 6.38. The molecule has 1 saturated heterocycles. The molecule has 0 aromatic heterocycles. The minimum Gasteiger partial charge on any atom is -0.386 e. The fourth-order valence-electron chi connectivity index (χ4n) is 2.62. The Balaban J connectivity index is 2.88. The van der Waals surface area contributed by atoms with E-state index in [0.717, 1.165) is 13.1 Å². The number of piperidine rings is 1. The van der Waals surface area contributed by atoms with Gasteiger partial charge < -0.3 is 8.85 Å². The highest BCUT2D eigenvalue weighted by Gasteiger charge is 2.53. The van der Waals surface area contributed by atoms with Gasteiger partial charge in [-0.1, -0.05) is 27.2 Å². The van der Waals surface area contributed by atoms with Crippen LogP contribution < -0.4 is 0 Å². The highest BCUT2D eigenvalue weighted by Crippen LogP contribution is 2.40. The highest BCUT2D eigenvalue weighted by atomic mass is 28.4. The molecule has 0 N–H and O–H groups in total. The van der Waals surface area contributed by atoms with Gasteiger partial charge in [0.05, 0.1) is 0 Å². The van der Waals surface area contributed by atoms with Crippen LogP contribution in [0.15, 0.2) is 0 Å². The van der Waals surface area contributed by atoms with E-state index in [4.69, 9.17) is 8.85 Å². The molecule has 1 aliphatic rings. The van der Waals surface area contributed by atoms with Crippen molar-refractivity contribution >= 4 is 8.72 Å². The summed E-state index contributed by atoms with van der Waals surface area (Å²) in [7, 11) is 1.39. The Bertz CT molecular complexity index is 193. The maximum absolute atomic E-state index is 5.83. The van der Waals surface area contributed by atoms with E-state index >= 15 is 0 Å². The lowest BCUT2D eigenvalue weighted by atomic mass is 10.2. The molecule has 0 atom stereocenters. The van der Waals surface area contributed by atoms with Crippen molar-refractivity contribution < 1.29 is 8.85 Å². The van der Waals surface area contributed by atoms with Gasteiger partial charge in [0, 0.05) is 19.3 Å². The average Bonchev–Trinajstić information content (AvgIpc) is 2.20.